The third-order valence-corrected chi connectivity index (χ3v) is 7.26. The molecule has 0 unspecified atom stereocenters. The molecule has 2 atom stereocenters. The molecule has 1 aliphatic heterocycles. The number of nitriles is 1. The Kier molecular flexibility index (Phi) is 5.81. The summed E-state index contributed by atoms with van der Waals surface area (Å²) in [5.74, 6) is 2.04. The fourth-order valence-electron chi connectivity index (χ4n) is 5.38. The molecular formula is C30H28N4O. The molecule has 1 saturated heterocycles. The molecule has 35 heavy (non-hydrogen) atoms. The summed E-state index contributed by atoms with van der Waals surface area (Å²) in [6, 6.07) is 34.4. The Bertz CT molecular complexity index is 1270. The molecule has 1 aromatic heterocycles. The molecule has 1 aliphatic carbocycles. The van der Waals surface area contributed by atoms with E-state index in [9.17, 15) is 5.26 Å². The van der Waals surface area contributed by atoms with Gasteiger partial charge in [0, 0.05) is 32.1 Å². The fraction of sp³-hybridized carbons (Fsp3) is 0.267. The molecule has 0 spiro atoms. The third-order valence-electron chi connectivity index (χ3n) is 7.26. The molecule has 2 fully saturated rings. The van der Waals surface area contributed by atoms with Gasteiger partial charge in [0.2, 0.25) is 17.5 Å². The summed E-state index contributed by atoms with van der Waals surface area (Å²) in [6.07, 6.45) is 1.03. The van der Waals surface area contributed by atoms with E-state index in [2.05, 4.69) is 106 Å². The van der Waals surface area contributed by atoms with Crippen LogP contribution in [0.4, 0.5) is 5.88 Å². The van der Waals surface area contributed by atoms with Crippen molar-refractivity contribution in [1.29, 1.82) is 5.26 Å². The molecule has 0 amide bonds. The van der Waals surface area contributed by atoms with Crippen molar-refractivity contribution in [2.24, 2.45) is 0 Å². The van der Waals surface area contributed by atoms with Gasteiger partial charge in [-0.1, -0.05) is 91.0 Å². The average Bonchev–Trinajstić information content (AvgIpc) is 3.62. The molecular weight excluding hydrogens is 432 g/mol. The SMILES string of the molecule is N#Cc1nc([C@H]2C[C@@H]2c2ccccc2)oc1N1CCN(C(c2ccccc2)c2ccccc2)CC1. The average molecular weight is 461 g/mol. The first-order valence-electron chi connectivity index (χ1n) is 12.4. The Morgan fingerprint density at radius 1 is 0.771 bits per heavy atom. The smallest absolute Gasteiger partial charge is 0.234 e. The quantitative estimate of drug-likeness (QED) is 0.368. The Morgan fingerprint density at radius 3 is 1.91 bits per heavy atom. The molecule has 174 valence electrons. The molecule has 0 N–H and O–H groups in total. The minimum Gasteiger partial charge on any atom is -0.423 e. The number of aromatic nitrogens is 1. The van der Waals surface area contributed by atoms with Gasteiger partial charge in [-0.05, 0) is 29.0 Å². The van der Waals surface area contributed by atoms with Gasteiger partial charge in [0.25, 0.3) is 0 Å². The Labute approximate surface area is 206 Å². The van der Waals surface area contributed by atoms with Crippen molar-refractivity contribution in [2.75, 3.05) is 31.1 Å². The van der Waals surface area contributed by atoms with Crippen LogP contribution >= 0.6 is 0 Å². The number of benzene rings is 3. The minimum atomic E-state index is 0.207. The first-order valence-corrected chi connectivity index (χ1v) is 12.4. The van der Waals surface area contributed by atoms with Crippen LogP contribution in [0.3, 0.4) is 0 Å². The van der Waals surface area contributed by atoms with Crippen molar-refractivity contribution in [2.45, 2.75) is 24.3 Å². The van der Waals surface area contributed by atoms with E-state index in [1.807, 2.05) is 6.07 Å². The zero-order chi connectivity index (χ0) is 23.6. The molecule has 3 aromatic carbocycles. The first kappa shape index (κ1) is 21.6. The predicted molar refractivity (Wildman–Crippen MR) is 136 cm³/mol. The zero-order valence-electron chi connectivity index (χ0n) is 19.6. The standard InChI is InChI=1S/C30H28N4O/c31-21-27-30(35-29(32-27)26-20-25(26)22-10-4-1-5-11-22)34-18-16-33(17-19-34)28(23-12-6-2-7-13-23)24-14-8-3-9-15-24/h1-15,25-26,28H,16-20H2/t25-,26+/m1/s1. The van der Waals surface area contributed by atoms with Gasteiger partial charge in [-0.2, -0.15) is 5.26 Å². The molecule has 1 saturated carbocycles. The van der Waals surface area contributed by atoms with E-state index in [0.717, 1.165) is 32.6 Å². The van der Waals surface area contributed by atoms with Gasteiger partial charge >= 0.3 is 0 Å². The highest BCUT2D eigenvalue weighted by atomic mass is 16.4. The molecule has 4 aromatic rings. The number of anilines is 1. The maximum absolute atomic E-state index is 9.78. The first-order chi connectivity index (χ1) is 17.3. The predicted octanol–water partition coefficient (Wildman–Crippen LogP) is 5.73. The van der Waals surface area contributed by atoms with Crippen LogP contribution in [0.1, 0.15) is 52.6 Å². The zero-order valence-corrected chi connectivity index (χ0v) is 19.6. The van der Waals surface area contributed by atoms with Crippen molar-refractivity contribution < 1.29 is 4.42 Å². The topological polar surface area (TPSA) is 56.3 Å². The van der Waals surface area contributed by atoms with Gasteiger partial charge < -0.3 is 9.32 Å². The van der Waals surface area contributed by atoms with Crippen LogP contribution < -0.4 is 4.90 Å². The number of piperazine rings is 1. The number of nitrogens with zero attached hydrogens (tertiary/aromatic N) is 4. The fourth-order valence-corrected chi connectivity index (χ4v) is 5.38. The monoisotopic (exact) mass is 460 g/mol. The molecule has 5 nitrogen and oxygen atoms in total. The second-order valence-corrected chi connectivity index (χ2v) is 9.42. The molecule has 2 aliphatic rings. The van der Waals surface area contributed by atoms with E-state index in [4.69, 9.17) is 4.42 Å². The van der Waals surface area contributed by atoms with E-state index in [-0.39, 0.29) is 12.0 Å². The van der Waals surface area contributed by atoms with Gasteiger partial charge in [-0.3, -0.25) is 4.90 Å². The summed E-state index contributed by atoms with van der Waals surface area (Å²) in [5, 5.41) is 9.78. The Balaban J connectivity index is 1.19. The molecule has 2 heterocycles. The lowest BCUT2D eigenvalue weighted by atomic mass is 9.96. The maximum Gasteiger partial charge on any atom is 0.234 e. The summed E-state index contributed by atoms with van der Waals surface area (Å²) in [7, 11) is 0. The minimum absolute atomic E-state index is 0.207. The number of oxazole rings is 1. The van der Waals surface area contributed by atoms with Crippen molar-refractivity contribution >= 4 is 5.88 Å². The van der Waals surface area contributed by atoms with E-state index in [1.54, 1.807) is 0 Å². The van der Waals surface area contributed by atoms with Crippen molar-refractivity contribution in [1.82, 2.24) is 9.88 Å². The highest BCUT2D eigenvalue weighted by Gasteiger charge is 2.44. The molecule has 0 bridgehead atoms. The Hall–Kier alpha value is -3.88. The maximum atomic E-state index is 9.78. The summed E-state index contributed by atoms with van der Waals surface area (Å²) >= 11 is 0. The van der Waals surface area contributed by atoms with Crippen LogP contribution in [0.15, 0.2) is 95.4 Å². The normalized spacial score (nSPS) is 20.1. The molecule has 0 radical (unpaired) electrons. The lowest BCUT2D eigenvalue weighted by Gasteiger charge is -2.39. The van der Waals surface area contributed by atoms with E-state index < -0.39 is 0 Å². The number of rotatable bonds is 6. The van der Waals surface area contributed by atoms with Gasteiger partial charge in [-0.25, -0.2) is 4.98 Å². The lowest BCUT2D eigenvalue weighted by Crippen LogP contribution is -2.48. The molecule has 5 heteroatoms. The third kappa shape index (κ3) is 4.34. The van der Waals surface area contributed by atoms with E-state index >= 15 is 0 Å². The van der Waals surface area contributed by atoms with Crippen LogP contribution in [-0.4, -0.2) is 36.1 Å². The van der Waals surface area contributed by atoms with Gasteiger partial charge in [0.15, 0.2) is 0 Å². The second-order valence-electron chi connectivity index (χ2n) is 9.42. The van der Waals surface area contributed by atoms with Crippen molar-refractivity contribution in [3.8, 4) is 6.07 Å². The number of hydrogen-bond donors (Lipinski definition) is 0. The lowest BCUT2D eigenvalue weighted by molar-refractivity contribution is 0.209. The highest BCUT2D eigenvalue weighted by Crippen LogP contribution is 2.54. The molecule has 6 rings (SSSR count). The van der Waals surface area contributed by atoms with Gasteiger partial charge in [-0.15, -0.1) is 0 Å². The van der Waals surface area contributed by atoms with Crippen LogP contribution in [-0.2, 0) is 0 Å². The van der Waals surface area contributed by atoms with Crippen LogP contribution in [0, 0.1) is 11.3 Å². The summed E-state index contributed by atoms with van der Waals surface area (Å²) < 4.78 is 6.26. The van der Waals surface area contributed by atoms with Crippen molar-refractivity contribution in [3.63, 3.8) is 0 Å². The van der Waals surface area contributed by atoms with Gasteiger partial charge in [0.1, 0.15) is 6.07 Å². The second kappa shape index (κ2) is 9.40. The van der Waals surface area contributed by atoms with Crippen LogP contribution in [0.5, 0.6) is 0 Å². The van der Waals surface area contributed by atoms with Crippen molar-refractivity contribution in [3.05, 3.63) is 119 Å². The summed E-state index contributed by atoms with van der Waals surface area (Å²) in [5.41, 5.74) is 4.33. The number of hydrogen-bond acceptors (Lipinski definition) is 5. The van der Waals surface area contributed by atoms with Gasteiger partial charge in [0.05, 0.1) is 6.04 Å². The summed E-state index contributed by atoms with van der Waals surface area (Å²) in [6.45, 7) is 3.36. The van der Waals surface area contributed by atoms with E-state index in [0.29, 0.717) is 23.4 Å². The largest absolute Gasteiger partial charge is 0.423 e. The summed E-state index contributed by atoms with van der Waals surface area (Å²) in [4.78, 5) is 9.33. The highest BCUT2D eigenvalue weighted by molar-refractivity contribution is 5.49. The Morgan fingerprint density at radius 2 is 1.34 bits per heavy atom. The van der Waals surface area contributed by atoms with Crippen LogP contribution in [0.2, 0.25) is 0 Å². The van der Waals surface area contributed by atoms with E-state index in [1.165, 1.54) is 16.7 Å². The van der Waals surface area contributed by atoms with Crippen LogP contribution in [0.25, 0.3) is 0 Å².